The van der Waals surface area contributed by atoms with Gasteiger partial charge in [0.05, 0.1) is 0 Å². The maximum atomic E-state index is 11.4. The number of benzene rings is 1. The second-order valence-corrected chi connectivity index (χ2v) is 3.42. The smallest absolute Gasteiger partial charge is 0.251 e. The molecule has 1 aromatic carbocycles. The maximum Gasteiger partial charge on any atom is 0.251 e. The van der Waals surface area contributed by atoms with Crippen LogP contribution in [-0.2, 0) is 6.42 Å². The standard InChI is InChI=1S/C10H11NO2/c1-6-4-7-2-3-8(12)5-9(7)10(13)11-6/h2-3,5-6,12H,4H2,1H3,(H,11,13). The van der Waals surface area contributed by atoms with Gasteiger partial charge in [-0.3, -0.25) is 4.79 Å². The molecule has 0 saturated heterocycles. The van der Waals surface area contributed by atoms with E-state index in [9.17, 15) is 9.90 Å². The van der Waals surface area contributed by atoms with Crippen LogP contribution in [0.15, 0.2) is 18.2 Å². The first-order chi connectivity index (χ1) is 6.16. The highest BCUT2D eigenvalue weighted by atomic mass is 16.3. The van der Waals surface area contributed by atoms with E-state index < -0.39 is 0 Å². The number of fused-ring (bicyclic) bond motifs is 1. The average Bonchev–Trinajstić information content (AvgIpc) is 2.06. The van der Waals surface area contributed by atoms with E-state index in [1.165, 1.54) is 6.07 Å². The molecule has 3 heteroatoms. The minimum absolute atomic E-state index is 0.0929. The van der Waals surface area contributed by atoms with Gasteiger partial charge in [-0.2, -0.15) is 0 Å². The van der Waals surface area contributed by atoms with Crippen molar-refractivity contribution >= 4 is 5.91 Å². The van der Waals surface area contributed by atoms with Gasteiger partial charge < -0.3 is 10.4 Å². The Bertz CT molecular complexity index is 360. The molecule has 3 nitrogen and oxygen atoms in total. The van der Waals surface area contributed by atoms with Crippen LogP contribution in [0.2, 0.25) is 0 Å². The highest BCUT2D eigenvalue weighted by Crippen LogP contribution is 2.21. The van der Waals surface area contributed by atoms with Crippen molar-refractivity contribution in [3.05, 3.63) is 29.3 Å². The Morgan fingerprint density at radius 2 is 2.31 bits per heavy atom. The topological polar surface area (TPSA) is 49.3 Å². The average molecular weight is 177 g/mol. The maximum absolute atomic E-state index is 11.4. The number of phenols is 1. The lowest BCUT2D eigenvalue weighted by molar-refractivity contribution is 0.0929. The van der Waals surface area contributed by atoms with Crippen LogP contribution in [-0.4, -0.2) is 17.1 Å². The monoisotopic (exact) mass is 177 g/mol. The van der Waals surface area contributed by atoms with E-state index in [1.807, 2.05) is 6.92 Å². The lowest BCUT2D eigenvalue weighted by Crippen LogP contribution is -2.39. The van der Waals surface area contributed by atoms with E-state index in [1.54, 1.807) is 12.1 Å². The van der Waals surface area contributed by atoms with Gasteiger partial charge in [-0.1, -0.05) is 6.07 Å². The summed E-state index contributed by atoms with van der Waals surface area (Å²) in [5, 5.41) is 12.0. The van der Waals surface area contributed by atoms with E-state index in [2.05, 4.69) is 5.32 Å². The number of hydrogen-bond acceptors (Lipinski definition) is 2. The molecule has 2 N–H and O–H groups in total. The molecule has 0 fully saturated rings. The van der Waals surface area contributed by atoms with Crippen molar-refractivity contribution in [2.24, 2.45) is 0 Å². The third-order valence-electron chi connectivity index (χ3n) is 2.24. The van der Waals surface area contributed by atoms with Gasteiger partial charge in [-0.25, -0.2) is 0 Å². The number of aromatic hydroxyl groups is 1. The zero-order chi connectivity index (χ0) is 9.42. The molecule has 1 aliphatic heterocycles. The van der Waals surface area contributed by atoms with Gasteiger partial charge >= 0.3 is 0 Å². The summed E-state index contributed by atoms with van der Waals surface area (Å²) in [6.45, 7) is 1.97. The Morgan fingerprint density at radius 1 is 1.54 bits per heavy atom. The molecule has 1 aliphatic rings. The van der Waals surface area contributed by atoms with Crippen LogP contribution < -0.4 is 5.32 Å². The highest BCUT2D eigenvalue weighted by Gasteiger charge is 2.21. The van der Waals surface area contributed by atoms with Crippen LogP contribution in [0, 0.1) is 0 Å². The molecule has 1 aromatic rings. The Morgan fingerprint density at radius 3 is 3.08 bits per heavy atom. The van der Waals surface area contributed by atoms with Crippen molar-refractivity contribution < 1.29 is 9.90 Å². The second kappa shape index (κ2) is 2.76. The van der Waals surface area contributed by atoms with Crippen molar-refractivity contribution in [3.8, 4) is 5.75 Å². The number of carbonyl (C=O) groups excluding carboxylic acids is 1. The molecule has 1 amide bonds. The SMILES string of the molecule is CC1Cc2ccc(O)cc2C(=O)N1. The lowest BCUT2D eigenvalue weighted by Gasteiger charge is -2.22. The molecule has 0 saturated carbocycles. The van der Waals surface area contributed by atoms with E-state index in [4.69, 9.17) is 0 Å². The van der Waals surface area contributed by atoms with E-state index >= 15 is 0 Å². The fraction of sp³-hybridized carbons (Fsp3) is 0.300. The largest absolute Gasteiger partial charge is 0.508 e. The third-order valence-corrected chi connectivity index (χ3v) is 2.24. The molecule has 13 heavy (non-hydrogen) atoms. The quantitative estimate of drug-likeness (QED) is 0.622. The van der Waals surface area contributed by atoms with Gasteiger partial charge in [0.1, 0.15) is 5.75 Å². The Hall–Kier alpha value is -1.51. The Kier molecular flexibility index (Phi) is 1.72. The summed E-state index contributed by atoms with van der Waals surface area (Å²) in [6, 6.07) is 5.12. The van der Waals surface area contributed by atoms with E-state index in [-0.39, 0.29) is 17.7 Å². The van der Waals surface area contributed by atoms with Crippen molar-refractivity contribution in [3.63, 3.8) is 0 Å². The summed E-state index contributed by atoms with van der Waals surface area (Å²) in [5.41, 5.74) is 1.60. The van der Waals surface area contributed by atoms with Crippen molar-refractivity contribution in [1.82, 2.24) is 5.32 Å². The second-order valence-electron chi connectivity index (χ2n) is 3.42. The number of phenolic OH excluding ortho intramolecular Hbond substituents is 1. The summed E-state index contributed by atoms with van der Waals surface area (Å²) in [5.74, 6) is 0.0492. The van der Waals surface area contributed by atoms with Gasteiger partial charge in [0.25, 0.3) is 5.91 Å². The normalized spacial score (nSPS) is 20.7. The van der Waals surface area contributed by atoms with Gasteiger partial charge in [0.15, 0.2) is 0 Å². The molecule has 2 rings (SSSR count). The number of amides is 1. The van der Waals surface area contributed by atoms with Crippen LogP contribution >= 0.6 is 0 Å². The van der Waals surface area contributed by atoms with Crippen molar-refractivity contribution in [2.75, 3.05) is 0 Å². The fourth-order valence-corrected chi connectivity index (χ4v) is 1.64. The molecule has 0 radical (unpaired) electrons. The zero-order valence-corrected chi connectivity index (χ0v) is 7.37. The van der Waals surface area contributed by atoms with Crippen LogP contribution in [0.25, 0.3) is 0 Å². The number of nitrogens with one attached hydrogen (secondary N) is 1. The summed E-state index contributed by atoms with van der Waals surface area (Å²) in [6.07, 6.45) is 0.835. The highest BCUT2D eigenvalue weighted by molar-refractivity contribution is 5.97. The summed E-state index contributed by atoms with van der Waals surface area (Å²) >= 11 is 0. The van der Waals surface area contributed by atoms with Gasteiger partial charge in [-0.05, 0) is 31.0 Å². The van der Waals surface area contributed by atoms with Gasteiger partial charge in [-0.15, -0.1) is 0 Å². The summed E-state index contributed by atoms with van der Waals surface area (Å²) in [4.78, 5) is 11.4. The minimum Gasteiger partial charge on any atom is -0.508 e. The summed E-state index contributed by atoms with van der Waals surface area (Å²) in [7, 11) is 0. The first-order valence-corrected chi connectivity index (χ1v) is 4.29. The molecular weight excluding hydrogens is 166 g/mol. The molecule has 0 aromatic heterocycles. The van der Waals surface area contributed by atoms with Gasteiger partial charge in [0.2, 0.25) is 0 Å². The first-order valence-electron chi connectivity index (χ1n) is 4.29. The van der Waals surface area contributed by atoms with Crippen LogP contribution in [0.1, 0.15) is 22.8 Å². The first kappa shape index (κ1) is 8.10. The molecule has 0 spiro atoms. The molecule has 1 unspecified atom stereocenters. The lowest BCUT2D eigenvalue weighted by atomic mass is 9.96. The van der Waals surface area contributed by atoms with Gasteiger partial charge in [0, 0.05) is 11.6 Å². The summed E-state index contributed by atoms with van der Waals surface area (Å²) < 4.78 is 0. The molecular formula is C10H11NO2. The molecule has 1 atom stereocenters. The minimum atomic E-state index is -0.0929. The zero-order valence-electron chi connectivity index (χ0n) is 7.37. The Balaban J connectivity index is 2.49. The van der Waals surface area contributed by atoms with Crippen LogP contribution in [0.5, 0.6) is 5.75 Å². The molecule has 68 valence electrons. The van der Waals surface area contributed by atoms with E-state index in [0.717, 1.165) is 12.0 Å². The number of carbonyl (C=O) groups is 1. The molecule has 1 heterocycles. The predicted octanol–water partition coefficient (Wildman–Crippen LogP) is 1.07. The van der Waals surface area contributed by atoms with E-state index in [0.29, 0.717) is 5.56 Å². The Labute approximate surface area is 76.4 Å². The molecule has 0 bridgehead atoms. The molecule has 0 aliphatic carbocycles. The third kappa shape index (κ3) is 1.37. The van der Waals surface area contributed by atoms with Crippen LogP contribution in [0.3, 0.4) is 0 Å². The fourth-order valence-electron chi connectivity index (χ4n) is 1.64. The number of rotatable bonds is 0. The van der Waals surface area contributed by atoms with Crippen molar-refractivity contribution in [1.29, 1.82) is 0 Å². The predicted molar refractivity (Wildman–Crippen MR) is 48.7 cm³/mol. The number of hydrogen-bond donors (Lipinski definition) is 2. The van der Waals surface area contributed by atoms with Crippen molar-refractivity contribution in [2.45, 2.75) is 19.4 Å². The van der Waals surface area contributed by atoms with Crippen LogP contribution in [0.4, 0.5) is 0 Å².